The number of nitrogens with zero attached hydrogens (tertiary/aromatic N) is 2. The van der Waals surface area contributed by atoms with Crippen molar-refractivity contribution in [1.82, 2.24) is 10.3 Å². The van der Waals surface area contributed by atoms with E-state index in [1.807, 2.05) is 6.07 Å². The Morgan fingerprint density at radius 1 is 1.20 bits per heavy atom. The fourth-order valence-corrected chi connectivity index (χ4v) is 3.98. The molecule has 30 heavy (non-hydrogen) atoms. The highest BCUT2D eigenvalue weighted by atomic mass is 35.5. The van der Waals surface area contributed by atoms with Gasteiger partial charge in [-0.15, -0.1) is 0 Å². The topological polar surface area (TPSA) is 110 Å². The van der Waals surface area contributed by atoms with Crippen LogP contribution in [0, 0.1) is 10.1 Å². The highest BCUT2D eigenvalue weighted by Crippen LogP contribution is 2.29. The molecule has 2 heterocycles. The molecular weight excluding hydrogens is 448 g/mol. The van der Waals surface area contributed by atoms with Gasteiger partial charge in [-0.05, 0) is 42.5 Å². The van der Waals surface area contributed by atoms with Crippen LogP contribution >= 0.6 is 35.2 Å². The lowest BCUT2D eigenvalue weighted by molar-refractivity contribution is -0.384. The van der Waals surface area contributed by atoms with E-state index in [0.717, 1.165) is 5.56 Å². The molecule has 0 radical (unpaired) electrons. The zero-order valence-corrected chi connectivity index (χ0v) is 17.3. The van der Waals surface area contributed by atoms with Gasteiger partial charge in [-0.2, -0.15) is 0 Å². The van der Waals surface area contributed by atoms with Gasteiger partial charge in [0, 0.05) is 22.7 Å². The van der Waals surface area contributed by atoms with Crippen molar-refractivity contribution in [2.45, 2.75) is 0 Å². The first kappa shape index (κ1) is 20.0. The van der Waals surface area contributed by atoms with E-state index >= 15 is 0 Å². The molecule has 4 aromatic rings. The minimum absolute atomic E-state index is 0.0225. The molecule has 0 unspecified atom stereocenters. The molecule has 4 rings (SSSR count). The van der Waals surface area contributed by atoms with Gasteiger partial charge in [-0.1, -0.05) is 35.1 Å². The number of aromatic nitrogens is 1. The van der Waals surface area contributed by atoms with Gasteiger partial charge in [0.15, 0.2) is 16.0 Å². The second kappa shape index (κ2) is 8.19. The molecule has 0 aliphatic carbocycles. The number of non-ortho nitro benzene ring substituents is 1. The quantitative estimate of drug-likeness (QED) is 0.244. The fourth-order valence-electron chi connectivity index (χ4n) is 2.63. The summed E-state index contributed by atoms with van der Waals surface area (Å²) in [6.45, 7) is 0. The van der Waals surface area contributed by atoms with E-state index in [2.05, 4.69) is 15.6 Å². The molecule has 2 aromatic heterocycles. The number of hydrogen-bond acceptors (Lipinski definition) is 7. The Morgan fingerprint density at radius 3 is 2.80 bits per heavy atom. The van der Waals surface area contributed by atoms with Crippen LogP contribution < -0.4 is 10.6 Å². The zero-order chi connectivity index (χ0) is 21.3. The second-order valence-electron chi connectivity index (χ2n) is 6.01. The van der Waals surface area contributed by atoms with Crippen LogP contribution in [0.4, 0.5) is 10.8 Å². The van der Waals surface area contributed by atoms with E-state index in [9.17, 15) is 14.9 Å². The van der Waals surface area contributed by atoms with Crippen molar-refractivity contribution in [2.75, 3.05) is 5.32 Å². The number of amides is 1. The van der Waals surface area contributed by atoms with E-state index < -0.39 is 10.8 Å². The molecular formula is C19H11ClN4O4S2. The van der Waals surface area contributed by atoms with Crippen molar-refractivity contribution in [2.24, 2.45) is 0 Å². The Kier molecular flexibility index (Phi) is 5.44. The predicted octanol–water partition coefficient (Wildman–Crippen LogP) is 5.24. The van der Waals surface area contributed by atoms with Crippen LogP contribution in [0.3, 0.4) is 0 Å². The fraction of sp³-hybridized carbons (Fsp3) is 0. The predicted molar refractivity (Wildman–Crippen MR) is 119 cm³/mol. The van der Waals surface area contributed by atoms with Gasteiger partial charge in [0.1, 0.15) is 5.76 Å². The first-order valence-corrected chi connectivity index (χ1v) is 10.0. The van der Waals surface area contributed by atoms with Crippen LogP contribution in [-0.4, -0.2) is 20.9 Å². The molecule has 11 heteroatoms. The normalized spacial score (nSPS) is 10.7. The summed E-state index contributed by atoms with van der Waals surface area (Å²) < 4.78 is 6.21. The van der Waals surface area contributed by atoms with Crippen molar-refractivity contribution in [3.8, 4) is 11.3 Å². The van der Waals surface area contributed by atoms with Gasteiger partial charge in [0.25, 0.3) is 11.6 Å². The molecule has 2 N–H and O–H groups in total. The summed E-state index contributed by atoms with van der Waals surface area (Å²) in [7, 11) is 0. The monoisotopic (exact) mass is 458 g/mol. The van der Waals surface area contributed by atoms with Gasteiger partial charge in [-0.3, -0.25) is 20.2 Å². The molecule has 1 amide bonds. The van der Waals surface area contributed by atoms with E-state index in [1.165, 1.54) is 29.5 Å². The third kappa shape index (κ3) is 4.30. The minimum Gasteiger partial charge on any atom is -0.451 e. The van der Waals surface area contributed by atoms with Crippen LogP contribution in [0.2, 0.25) is 5.02 Å². The number of fused-ring (bicyclic) bond motifs is 1. The van der Waals surface area contributed by atoms with Crippen molar-refractivity contribution in [3.05, 3.63) is 75.5 Å². The molecule has 0 bridgehead atoms. The van der Waals surface area contributed by atoms with Crippen LogP contribution in [-0.2, 0) is 0 Å². The maximum absolute atomic E-state index is 12.4. The second-order valence-corrected chi connectivity index (χ2v) is 7.89. The lowest BCUT2D eigenvalue weighted by atomic mass is 10.2. The molecule has 8 nitrogen and oxygen atoms in total. The summed E-state index contributed by atoms with van der Waals surface area (Å²) in [4.78, 5) is 27.1. The average molecular weight is 459 g/mol. The van der Waals surface area contributed by atoms with E-state index in [1.54, 1.807) is 30.3 Å². The van der Waals surface area contributed by atoms with E-state index in [4.69, 9.17) is 28.2 Å². The highest BCUT2D eigenvalue weighted by Gasteiger charge is 2.15. The Balaban J connectivity index is 1.43. The lowest BCUT2D eigenvalue weighted by Gasteiger charge is -2.05. The molecule has 0 atom stereocenters. The molecule has 0 saturated carbocycles. The number of furan rings is 1. The molecule has 0 aliphatic rings. The van der Waals surface area contributed by atoms with Crippen molar-refractivity contribution in [1.29, 1.82) is 0 Å². The maximum Gasteiger partial charge on any atom is 0.293 e. The number of anilines is 1. The molecule has 0 spiro atoms. The van der Waals surface area contributed by atoms with Crippen molar-refractivity contribution < 1.29 is 14.1 Å². The minimum atomic E-state index is -0.530. The number of thiazole rings is 1. The van der Waals surface area contributed by atoms with Crippen molar-refractivity contribution in [3.63, 3.8) is 0 Å². The van der Waals surface area contributed by atoms with Crippen LogP contribution in [0.1, 0.15) is 10.6 Å². The number of benzene rings is 2. The standard InChI is InChI=1S/C19H11ClN4O4S2/c20-11-3-1-2-10(8-11)14-6-7-15(28-14)17(25)22-18(29)23-19-21-13-5-4-12(24(26)27)9-16(13)30-19/h1-9H,(H2,21,22,23,25,29). The van der Waals surface area contributed by atoms with Gasteiger partial charge >= 0.3 is 0 Å². The smallest absolute Gasteiger partial charge is 0.293 e. The number of carbonyl (C=O) groups is 1. The maximum atomic E-state index is 12.4. The number of nitro benzene ring substituents is 1. The SMILES string of the molecule is O=C(NC(=S)Nc1nc2ccc([N+](=O)[O-])cc2s1)c1ccc(-c2cccc(Cl)c2)o1. The van der Waals surface area contributed by atoms with E-state index in [0.29, 0.717) is 26.1 Å². The summed E-state index contributed by atoms with van der Waals surface area (Å²) in [6.07, 6.45) is 0. The van der Waals surface area contributed by atoms with Crippen LogP contribution in [0.15, 0.2) is 59.0 Å². The molecule has 0 aliphatic heterocycles. The molecule has 2 aromatic carbocycles. The Labute approximate surface area is 183 Å². The summed E-state index contributed by atoms with van der Waals surface area (Å²) in [5.41, 5.74) is 1.30. The number of halogens is 1. The van der Waals surface area contributed by atoms with Crippen LogP contribution in [0.5, 0.6) is 0 Å². The average Bonchev–Trinajstić information content (AvgIpc) is 3.34. The van der Waals surface area contributed by atoms with Gasteiger partial charge < -0.3 is 9.73 Å². The number of nitrogens with one attached hydrogen (secondary N) is 2. The number of thiocarbonyl (C=S) groups is 1. The number of hydrogen-bond donors (Lipinski definition) is 2. The van der Waals surface area contributed by atoms with Gasteiger partial charge in [0.05, 0.1) is 15.1 Å². The number of nitro groups is 1. The van der Waals surface area contributed by atoms with Gasteiger partial charge in [0.2, 0.25) is 0 Å². The summed E-state index contributed by atoms with van der Waals surface area (Å²) in [5, 5.41) is 17.2. The van der Waals surface area contributed by atoms with E-state index in [-0.39, 0.29) is 16.6 Å². The Hall–Kier alpha value is -3.34. The first-order chi connectivity index (χ1) is 14.4. The molecule has 0 fully saturated rings. The largest absolute Gasteiger partial charge is 0.451 e. The summed E-state index contributed by atoms with van der Waals surface area (Å²) >= 11 is 12.3. The molecule has 150 valence electrons. The van der Waals surface area contributed by atoms with Gasteiger partial charge in [-0.25, -0.2) is 4.98 Å². The third-order valence-electron chi connectivity index (χ3n) is 3.97. The summed E-state index contributed by atoms with van der Waals surface area (Å²) in [6, 6.07) is 14.6. The van der Waals surface area contributed by atoms with Crippen molar-refractivity contribution >= 4 is 67.2 Å². The Bertz CT molecular complexity index is 1300. The number of carbonyl (C=O) groups excluding carboxylic acids is 1. The highest BCUT2D eigenvalue weighted by molar-refractivity contribution is 7.80. The Morgan fingerprint density at radius 2 is 2.03 bits per heavy atom. The zero-order valence-electron chi connectivity index (χ0n) is 14.9. The summed E-state index contributed by atoms with van der Waals surface area (Å²) in [5.74, 6) is 0.0425. The number of rotatable bonds is 4. The lowest BCUT2D eigenvalue weighted by Crippen LogP contribution is -2.33. The molecule has 0 saturated heterocycles. The first-order valence-electron chi connectivity index (χ1n) is 8.42. The van der Waals surface area contributed by atoms with Crippen LogP contribution in [0.25, 0.3) is 21.5 Å². The third-order valence-corrected chi connectivity index (χ3v) is 5.34.